The molecule has 0 aromatic carbocycles. The van der Waals surface area contributed by atoms with Crippen LogP contribution in [0.2, 0.25) is 0 Å². The summed E-state index contributed by atoms with van der Waals surface area (Å²) in [6, 6.07) is 0. The lowest BCUT2D eigenvalue weighted by Gasteiger charge is -1.97. The summed E-state index contributed by atoms with van der Waals surface area (Å²) in [6.45, 7) is 1.76. The highest BCUT2D eigenvalue weighted by Gasteiger charge is 2.17. The summed E-state index contributed by atoms with van der Waals surface area (Å²) in [5.41, 5.74) is 0.787. The SMILES string of the molecule is CC1=CC(=O)CC1O. The van der Waals surface area contributed by atoms with E-state index >= 15 is 0 Å². The van der Waals surface area contributed by atoms with E-state index in [0.29, 0.717) is 0 Å². The zero-order valence-corrected chi connectivity index (χ0v) is 4.72. The third kappa shape index (κ3) is 0.793. The maximum Gasteiger partial charge on any atom is 0.158 e. The van der Waals surface area contributed by atoms with Crippen molar-refractivity contribution >= 4 is 5.78 Å². The van der Waals surface area contributed by atoms with Gasteiger partial charge in [0.15, 0.2) is 5.78 Å². The molecule has 0 aliphatic heterocycles. The molecule has 0 aromatic rings. The monoisotopic (exact) mass is 112 g/mol. The van der Waals surface area contributed by atoms with Crippen LogP contribution in [0.25, 0.3) is 0 Å². The normalized spacial score (nSPS) is 28.5. The number of hydrogen-bond donors (Lipinski definition) is 1. The fourth-order valence-corrected chi connectivity index (χ4v) is 0.761. The smallest absolute Gasteiger partial charge is 0.158 e. The zero-order chi connectivity index (χ0) is 6.15. The van der Waals surface area contributed by atoms with E-state index in [4.69, 9.17) is 5.11 Å². The topological polar surface area (TPSA) is 37.3 Å². The minimum atomic E-state index is -0.498. The Morgan fingerprint density at radius 1 is 1.88 bits per heavy atom. The molecule has 1 aliphatic carbocycles. The molecule has 0 radical (unpaired) electrons. The van der Waals surface area contributed by atoms with Gasteiger partial charge in [-0.15, -0.1) is 0 Å². The van der Waals surface area contributed by atoms with Crippen molar-refractivity contribution < 1.29 is 9.90 Å². The van der Waals surface area contributed by atoms with Crippen LogP contribution in [-0.2, 0) is 4.79 Å². The summed E-state index contributed by atoms with van der Waals surface area (Å²) in [4.78, 5) is 10.4. The molecule has 1 unspecified atom stereocenters. The number of carbonyl (C=O) groups is 1. The van der Waals surface area contributed by atoms with Gasteiger partial charge in [-0.3, -0.25) is 4.79 Å². The van der Waals surface area contributed by atoms with Crippen LogP contribution in [0.3, 0.4) is 0 Å². The van der Waals surface area contributed by atoms with Gasteiger partial charge in [0, 0.05) is 6.42 Å². The van der Waals surface area contributed by atoms with Gasteiger partial charge in [-0.2, -0.15) is 0 Å². The minimum Gasteiger partial charge on any atom is -0.388 e. The van der Waals surface area contributed by atoms with Gasteiger partial charge in [0.05, 0.1) is 6.10 Å². The van der Waals surface area contributed by atoms with Gasteiger partial charge in [-0.05, 0) is 18.6 Å². The minimum absolute atomic E-state index is 0.0370. The van der Waals surface area contributed by atoms with Gasteiger partial charge in [0.2, 0.25) is 0 Å². The Bertz CT molecular complexity index is 147. The fraction of sp³-hybridized carbons (Fsp3) is 0.500. The number of aliphatic hydroxyl groups is 1. The van der Waals surface area contributed by atoms with E-state index < -0.39 is 6.10 Å². The molecule has 1 rings (SSSR count). The summed E-state index contributed by atoms with van der Waals surface area (Å²) in [5, 5.41) is 8.88. The molecule has 0 aromatic heterocycles. The molecule has 8 heavy (non-hydrogen) atoms. The predicted octanol–water partition coefficient (Wildman–Crippen LogP) is 0.266. The number of rotatable bonds is 0. The fourth-order valence-electron chi connectivity index (χ4n) is 0.761. The van der Waals surface area contributed by atoms with E-state index in [1.165, 1.54) is 6.08 Å². The third-order valence-electron chi connectivity index (χ3n) is 1.31. The quantitative estimate of drug-likeness (QED) is 0.488. The zero-order valence-electron chi connectivity index (χ0n) is 4.72. The van der Waals surface area contributed by atoms with E-state index in [-0.39, 0.29) is 12.2 Å². The van der Waals surface area contributed by atoms with Crippen molar-refractivity contribution in [2.45, 2.75) is 19.4 Å². The van der Waals surface area contributed by atoms with Gasteiger partial charge in [-0.1, -0.05) is 0 Å². The highest BCUT2D eigenvalue weighted by molar-refractivity contribution is 5.93. The van der Waals surface area contributed by atoms with Crippen molar-refractivity contribution in [3.8, 4) is 0 Å². The Balaban J connectivity index is 2.73. The molecule has 0 bridgehead atoms. The van der Waals surface area contributed by atoms with Crippen LogP contribution in [0.5, 0.6) is 0 Å². The second-order valence-corrected chi connectivity index (χ2v) is 2.07. The lowest BCUT2D eigenvalue weighted by atomic mass is 10.2. The van der Waals surface area contributed by atoms with Gasteiger partial charge in [0.1, 0.15) is 0 Å². The second kappa shape index (κ2) is 1.71. The summed E-state index contributed by atoms with van der Waals surface area (Å²) in [7, 11) is 0. The maximum atomic E-state index is 10.4. The van der Waals surface area contributed by atoms with E-state index in [9.17, 15) is 4.79 Å². The average Bonchev–Trinajstić information content (AvgIpc) is 1.85. The Morgan fingerprint density at radius 3 is 2.62 bits per heavy atom. The molecule has 44 valence electrons. The molecule has 0 fully saturated rings. The average molecular weight is 112 g/mol. The molecule has 1 N–H and O–H groups in total. The third-order valence-corrected chi connectivity index (χ3v) is 1.31. The Morgan fingerprint density at radius 2 is 2.50 bits per heavy atom. The van der Waals surface area contributed by atoms with Crippen LogP contribution in [0, 0.1) is 0 Å². The molecule has 0 amide bonds. The molecule has 0 saturated heterocycles. The lowest BCUT2D eigenvalue weighted by Crippen LogP contribution is -2.03. The van der Waals surface area contributed by atoms with Crippen LogP contribution >= 0.6 is 0 Å². The summed E-state index contributed by atoms with van der Waals surface area (Å²) in [6.07, 6.45) is 1.28. The van der Waals surface area contributed by atoms with Crippen molar-refractivity contribution in [3.05, 3.63) is 11.6 Å². The molecule has 0 heterocycles. The predicted molar refractivity (Wildman–Crippen MR) is 29.4 cm³/mol. The molecule has 2 heteroatoms. The van der Waals surface area contributed by atoms with Gasteiger partial charge < -0.3 is 5.11 Å². The van der Waals surface area contributed by atoms with Crippen molar-refractivity contribution in [3.63, 3.8) is 0 Å². The molecular formula is C6H8O2. The van der Waals surface area contributed by atoms with Gasteiger partial charge in [-0.25, -0.2) is 0 Å². The van der Waals surface area contributed by atoms with Crippen LogP contribution in [0.1, 0.15) is 13.3 Å². The van der Waals surface area contributed by atoms with Crippen molar-refractivity contribution in [1.29, 1.82) is 0 Å². The summed E-state index contributed by atoms with van der Waals surface area (Å²) >= 11 is 0. The van der Waals surface area contributed by atoms with Crippen LogP contribution in [0.4, 0.5) is 0 Å². The molecule has 0 saturated carbocycles. The maximum absolute atomic E-state index is 10.4. The first-order valence-corrected chi connectivity index (χ1v) is 2.59. The van der Waals surface area contributed by atoms with Gasteiger partial charge >= 0.3 is 0 Å². The number of ketones is 1. The second-order valence-electron chi connectivity index (χ2n) is 2.07. The van der Waals surface area contributed by atoms with E-state index in [2.05, 4.69) is 0 Å². The van der Waals surface area contributed by atoms with Crippen LogP contribution < -0.4 is 0 Å². The Hall–Kier alpha value is -0.630. The van der Waals surface area contributed by atoms with Crippen molar-refractivity contribution in [2.75, 3.05) is 0 Å². The summed E-state index contributed by atoms with van der Waals surface area (Å²) in [5.74, 6) is 0.0370. The number of aliphatic hydroxyl groups excluding tert-OH is 1. The van der Waals surface area contributed by atoms with E-state index in [0.717, 1.165) is 5.57 Å². The van der Waals surface area contributed by atoms with Crippen LogP contribution in [0.15, 0.2) is 11.6 Å². The van der Waals surface area contributed by atoms with Gasteiger partial charge in [0.25, 0.3) is 0 Å². The molecular weight excluding hydrogens is 104 g/mol. The first-order valence-electron chi connectivity index (χ1n) is 2.59. The lowest BCUT2D eigenvalue weighted by molar-refractivity contribution is -0.114. The van der Waals surface area contributed by atoms with E-state index in [1.807, 2.05) is 0 Å². The largest absolute Gasteiger partial charge is 0.388 e. The highest BCUT2D eigenvalue weighted by Crippen LogP contribution is 2.13. The number of carbonyl (C=O) groups excluding carboxylic acids is 1. The molecule has 1 atom stereocenters. The number of allylic oxidation sites excluding steroid dienone is 1. The highest BCUT2D eigenvalue weighted by atomic mass is 16.3. The van der Waals surface area contributed by atoms with Crippen molar-refractivity contribution in [1.82, 2.24) is 0 Å². The van der Waals surface area contributed by atoms with Crippen LogP contribution in [-0.4, -0.2) is 17.0 Å². The molecule has 1 aliphatic rings. The van der Waals surface area contributed by atoms with Crippen molar-refractivity contribution in [2.24, 2.45) is 0 Å². The first kappa shape index (κ1) is 5.51. The Kier molecular flexibility index (Phi) is 1.18. The Labute approximate surface area is 47.8 Å². The summed E-state index contributed by atoms with van der Waals surface area (Å²) < 4.78 is 0. The van der Waals surface area contributed by atoms with E-state index in [1.54, 1.807) is 6.92 Å². The standard InChI is InChI=1S/C6H8O2/c1-4-2-5(7)3-6(4)8/h2,6,8H,3H2,1H3. The molecule has 2 nitrogen and oxygen atoms in total. The first-order chi connectivity index (χ1) is 3.70. The molecule has 0 spiro atoms. The number of hydrogen-bond acceptors (Lipinski definition) is 2.